The van der Waals surface area contributed by atoms with Gasteiger partial charge in [-0.15, -0.1) is 0 Å². The molecule has 0 amide bonds. The Morgan fingerprint density at radius 3 is 2.31 bits per heavy atom. The maximum atomic E-state index is 12.5. The quantitative estimate of drug-likeness (QED) is 0.619. The summed E-state index contributed by atoms with van der Waals surface area (Å²) in [4.78, 5) is 24.9. The van der Waals surface area contributed by atoms with Crippen LogP contribution in [-0.4, -0.2) is 32.5 Å². The Kier molecular flexibility index (Phi) is 5.82. The van der Waals surface area contributed by atoms with Gasteiger partial charge in [0, 0.05) is 5.56 Å². The summed E-state index contributed by atoms with van der Waals surface area (Å²) in [5.74, 6) is -1.10. The lowest BCUT2D eigenvalue weighted by molar-refractivity contribution is 0.0320. The Morgan fingerprint density at radius 2 is 1.69 bits per heavy atom. The minimum Gasteiger partial charge on any atom is -0.451 e. The highest BCUT2D eigenvalue weighted by Gasteiger charge is 2.22. The van der Waals surface area contributed by atoms with E-state index in [2.05, 4.69) is 4.72 Å². The minimum absolute atomic E-state index is 0.0395. The highest BCUT2D eigenvalue weighted by Crippen LogP contribution is 2.19. The van der Waals surface area contributed by atoms with Crippen molar-refractivity contribution < 1.29 is 22.7 Å². The standard InChI is InChI=1S/C19H21NO5S/c1-12-9-10-15(11-13(12)2)18(21)14(3)25-19(22)16-7-5-6-8-17(16)20-26(4,23)24/h5-11,14,20H,1-4H3/t14-/m0/s1. The van der Waals surface area contributed by atoms with Gasteiger partial charge in [0.25, 0.3) is 0 Å². The number of ketones is 1. The lowest BCUT2D eigenvalue weighted by Crippen LogP contribution is -2.25. The van der Waals surface area contributed by atoms with Crippen LogP contribution in [0.15, 0.2) is 42.5 Å². The fourth-order valence-corrected chi connectivity index (χ4v) is 2.93. The summed E-state index contributed by atoms with van der Waals surface area (Å²) in [5, 5.41) is 0. The SMILES string of the molecule is Cc1ccc(C(=O)[C@H](C)OC(=O)c2ccccc2NS(C)(=O)=O)cc1C. The number of hydrogen-bond acceptors (Lipinski definition) is 5. The van der Waals surface area contributed by atoms with E-state index in [1.165, 1.54) is 19.1 Å². The predicted molar refractivity (Wildman–Crippen MR) is 100 cm³/mol. The molecule has 2 aromatic carbocycles. The van der Waals surface area contributed by atoms with Crippen LogP contribution in [-0.2, 0) is 14.8 Å². The van der Waals surface area contributed by atoms with Crippen molar-refractivity contribution in [1.82, 2.24) is 0 Å². The van der Waals surface area contributed by atoms with Crippen molar-refractivity contribution in [2.24, 2.45) is 0 Å². The van der Waals surface area contributed by atoms with Gasteiger partial charge in [0.15, 0.2) is 6.10 Å². The number of carbonyl (C=O) groups is 2. The van der Waals surface area contributed by atoms with E-state index < -0.39 is 22.1 Å². The zero-order chi connectivity index (χ0) is 19.5. The largest absolute Gasteiger partial charge is 0.451 e. The summed E-state index contributed by atoms with van der Waals surface area (Å²) in [6.07, 6.45) is -0.0167. The van der Waals surface area contributed by atoms with Gasteiger partial charge in [0.2, 0.25) is 15.8 Å². The fraction of sp³-hybridized carbons (Fsp3) is 0.263. The normalized spacial score (nSPS) is 12.3. The zero-order valence-corrected chi connectivity index (χ0v) is 15.9. The van der Waals surface area contributed by atoms with Gasteiger partial charge in [-0.1, -0.05) is 24.3 Å². The molecule has 138 valence electrons. The predicted octanol–water partition coefficient (Wildman–Crippen LogP) is 3.10. The summed E-state index contributed by atoms with van der Waals surface area (Å²) < 4.78 is 30.4. The van der Waals surface area contributed by atoms with Crippen LogP contribution in [0.1, 0.15) is 38.8 Å². The molecule has 0 aliphatic heterocycles. The highest BCUT2D eigenvalue weighted by atomic mass is 32.2. The van der Waals surface area contributed by atoms with E-state index in [1.54, 1.807) is 24.3 Å². The van der Waals surface area contributed by atoms with Crippen LogP contribution < -0.4 is 4.72 Å². The summed E-state index contributed by atoms with van der Waals surface area (Å²) >= 11 is 0. The molecule has 0 saturated carbocycles. The van der Waals surface area contributed by atoms with Crippen molar-refractivity contribution in [2.45, 2.75) is 26.9 Å². The third kappa shape index (κ3) is 4.92. The number of carbonyl (C=O) groups excluding carboxylic acids is 2. The number of benzene rings is 2. The zero-order valence-electron chi connectivity index (χ0n) is 15.1. The Balaban J connectivity index is 2.19. The van der Waals surface area contributed by atoms with Crippen LogP contribution in [0.5, 0.6) is 0 Å². The molecule has 2 rings (SSSR count). The van der Waals surface area contributed by atoms with E-state index >= 15 is 0 Å². The number of esters is 1. The van der Waals surface area contributed by atoms with Crippen LogP contribution in [0.25, 0.3) is 0 Å². The van der Waals surface area contributed by atoms with Crippen molar-refractivity contribution in [1.29, 1.82) is 0 Å². The van der Waals surface area contributed by atoms with Crippen molar-refractivity contribution in [2.75, 3.05) is 11.0 Å². The molecule has 1 N–H and O–H groups in total. The third-order valence-electron chi connectivity index (χ3n) is 3.89. The summed E-state index contributed by atoms with van der Waals surface area (Å²) in [6.45, 7) is 5.33. The molecule has 0 spiro atoms. The summed E-state index contributed by atoms with van der Waals surface area (Å²) in [5.41, 5.74) is 2.63. The van der Waals surface area contributed by atoms with E-state index in [4.69, 9.17) is 4.74 Å². The number of nitrogens with one attached hydrogen (secondary N) is 1. The number of hydrogen-bond donors (Lipinski definition) is 1. The second-order valence-corrected chi connectivity index (χ2v) is 7.88. The van der Waals surface area contributed by atoms with Gasteiger partial charge in [-0.3, -0.25) is 9.52 Å². The molecular formula is C19H21NO5S. The number of ether oxygens (including phenoxy) is 1. The van der Waals surface area contributed by atoms with Gasteiger partial charge in [-0.25, -0.2) is 13.2 Å². The first-order valence-electron chi connectivity index (χ1n) is 7.98. The lowest BCUT2D eigenvalue weighted by Gasteiger charge is -2.15. The fourth-order valence-electron chi connectivity index (χ4n) is 2.36. The highest BCUT2D eigenvalue weighted by molar-refractivity contribution is 7.92. The molecule has 0 aromatic heterocycles. The Bertz CT molecular complexity index is 950. The maximum absolute atomic E-state index is 12.5. The molecule has 0 aliphatic carbocycles. The second kappa shape index (κ2) is 7.70. The van der Waals surface area contributed by atoms with Gasteiger partial charge in [0.1, 0.15) is 0 Å². The van der Waals surface area contributed by atoms with Crippen molar-refractivity contribution in [3.63, 3.8) is 0 Å². The number of Topliss-reactive ketones (excluding diaryl/α,β-unsaturated/α-hetero) is 1. The third-order valence-corrected chi connectivity index (χ3v) is 4.48. The molecule has 0 unspecified atom stereocenters. The molecular weight excluding hydrogens is 354 g/mol. The van der Waals surface area contributed by atoms with Crippen LogP contribution >= 0.6 is 0 Å². The molecule has 6 nitrogen and oxygen atoms in total. The smallest absolute Gasteiger partial charge is 0.340 e. The molecule has 0 aliphatic rings. The van der Waals surface area contributed by atoms with E-state index in [-0.39, 0.29) is 17.0 Å². The first-order valence-corrected chi connectivity index (χ1v) is 9.87. The van der Waals surface area contributed by atoms with Crippen LogP contribution in [0.4, 0.5) is 5.69 Å². The molecule has 0 heterocycles. The summed E-state index contributed by atoms with van der Waals surface area (Å²) in [7, 11) is -3.55. The van der Waals surface area contributed by atoms with Gasteiger partial charge >= 0.3 is 5.97 Å². The van der Waals surface area contributed by atoms with Crippen LogP contribution in [0.3, 0.4) is 0 Å². The van der Waals surface area contributed by atoms with E-state index in [9.17, 15) is 18.0 Å². The van der Waals surface area contributed by atoms with Crippen molar-refractivity contribution in [3.8, 4) is 0 Å². The molecule has 0 fully saturated rings. The Labute approximate surface area is 153 Å². The Hall–Kier alpha value is -2.67. The minimum atomic E-state index is -3.55. The van der Waals surface area contributed by atoms with Crippen molar-refractivity contribution >= 4 is 27.5 Å². The van der Waals surface area contributed by atoms with E-state index in [1.807, 2.05) is 19.9 Å². The molecule has 7 heteroatoms. The number of anilines is 1. The molecule has 26 heavy (non-hydrogen) atoms. The average molecular weight is 375 g/mol. The van der Waals surface area contributed by atoms with Crippen LogP contribution in [0.2, 0.25) is 0 Å². The van der Waals surface area contributed by atoms with Gasteiger partial charge < -0.3 is 4.74 Å². The van der Waals surface area contributed by atoms with E-state index in [0.717, 1.165) is 17.4 Å². The molecule has 2 aromatic rings. The Morgan fingerprint density at radius 1 is 1.04 bits per heavy atom. The average Bonchev–Trinajstić information content (AvgIpc) is 2.55. The number of aryl methyl sites for hydroxylation is 2. The van der Waals surface area contributed by atoms with Gasteiger partial charge in [-0.2, -0.15) is 0 Å². The monoisotopic (exact) mass is 375 g/mol. The van der Waals surface area contributed by atoms with Gasteiger partial charge in [0.05, 0.1) is 17.5 Å². The van der Waals surface area contributed by atoms with Crippen LogP contribution in [0, 0.1) is 13.8 Å². The van der Waals surface area contributed by atoms with Gasteiger partial charge in [-0.05, 0) is 50.1 Å². The first kappa shape index (κ1) is 19.7. The molecule has 0 saturated heterocycles. The summed E-state index contributed by atoms with van der Waals surface area (Å²) in [6, 6.07) is 11.3. The van der Waals surface area contributed by atoms with E-state index in [0.29, 0.717) is 5.56 Å². The molecule has 0 bridgehead atoms. The second-order valence-electron chi connectivity index (χ2n) is 6.13. The molecule has 0 radical (unpaired) electrons. The number of para-hydroxylation sites is 1. The topological polar surface area (TPSA) is 89.5 Å². The number of sulfonamides is 1. The molecule has 1 atom stereocenters. The first-order chi connectivity index (χ1) is 12.1. The number of rotatable bonds is 6. The lowest BCUT2D eigenvalue weighted by atomic mass is 10.0. The maximum Gasteiger partial charge on any atom is 0.340 e. The van der Waals surface area contributed by atoms with Crippen molar-refractivity contribution in [3.05, 3.63) is 64.7 Å².